The summed E-state index contributed by atoms with van der Waals surface area (Å²) in [5.74, 6) is 3.73. The SMILES string of the molecule is NNC(=O)CCC(=O)Nc1cccc(C(F)(F)F)c1. The van der Waals surface area contributed by atoms with E-state index < -0.39 is 23.6 Å². The first-order valence-corrected chi connectivity index (χ1v) is 5.29. The van der Waals surface area contributed by atoms with Crippen LogP contribution in [0.5, 0.6) is 0 Å². The third-order valence-electron chi connectivity index (χ3n) is 2.21. The van der Waals surface area contributed by atoms with Gasteiger partial charge in [0.2, 0.25) is 11.8 Å². The van der Waals surface area contributed by atoms with E-state index in [9.17, 15) is 22.8 Å². The van der Waals surface area contributed by atoms with Crippen molar-refractivity contribution in [3.63, 3.8) is 0 Å². The number of amides is 2. The Hall–Kier alpha value is -2.09. The van der Waals surface area contributed by atoms with E-state index in [1.165, 1.54) is 12.1 Å². The first-order valence-electron chi connectivity index (χ1n) is 5.29. The maximum atomic E-state index is 12.4. The molecule has 19 heavy (non-hydrogen) atoms. The summed E-state index contributed by atoms with van der Waals surface area (Å²) in [6.07, 6.45) is -4.78. The molecule has 0 aliphatic heterocycles. The second kappa shape index (κ2) is 6.19. The molecule has 5 nitrogen and oxygen atoms in total. The number of carbonyl (C=O) groups is 2. The first kappa shape index (κ1) is 15.0. The molecule has 0 fully saturated rings. The Morgan fingerprint density at radius 1 is 1.16 bits per heavy atom. The molecule has 104 valence electrons. The molecule has 0 spiro atoms. The van der Waals surface area contributed by atoms with Gasteiger partial charge in [-0.1, -0.05) is 6.07 Å². The molecular weight excluding hydrogens is 263 g/mol. The monoisotopic (exact) mass is 275 g/mol. The number of alkyl halides is 3. The van der Waals surface area contributed by atoms with Crippen LogP contribution in [0.1, 0.15) is 18.4 Å². The van der Waals surface area contributed by atoms with Gasteiger partial charge in [-0.05, 0) is 18.2 Å². The van der Waals surface area contributed by atoms with E-state index in [-0.39, 0.29) is 18.5 Å². The Balaban J connectivity index is 2.62. The van der Waals surface area contributed by atoms with Crippen molar-refractivity contribution in [2.45, 2.75) is 19.0 Å². The number of anilines is 1. The summed E-state index contributed by atoms with van der Waals surface area (Å²) in [4.78, 5) is 22.2. The molecule has 0 aliphatic carbocycles. The lowest BCUT2D eigenvalue weighted by Crippen LogP contribution is -2.30. The highest BCUT2D eigenvalue weighted by atomic mass is 19.4. The molecule has 2 amide bonds. The molecule has 4 N–H and O–H groups in total. The highest BCUT2D eigenvalue weighted by molar-refractivity contribution is 5.93. The molecule has 0 bridgehead atoms. The Morgan fingerprint density at radius 2 is 1.79 bits per heavy atom. The quantitative estimate of drug-likeness (QED) is 0.441. The Kier molecular flexibility index (Phi) is 4.87. The van der Waals surface area contributed by atoms with Gasteiger partial charge in [0.05, 0.1) is 5.56 Å². The number of nitrogens with two attached hydrogens (primary N) is 1. The molecule has 0 radical (unpaired) electrons. The number of nitrogens with one attached hydrogen (secondary N) is 2. The Morgan fingerprint density at radius 3 is 2.37 bits per heavy atom. The lowest BCUT2D eigenvalue weighted by molar-refractivity contribution is -0.137. The zero-order valence-corrected chi connectivity index (χ0v) is 9.75. The van der Waals surface area contributed by atoms with Gasteiger partial charge in [0.15, 0.2) is 0 Å². The van der Waals surface area contributed by atoms with Crippen molar-refractivity contribution in [3.05, 3.63) is 29.8 Å². The van der Waals surface area contributed by atoms with Gasteiger partial charge in [-0.25, -0.2) is 5.84 Å². The maximum Gasteiger partial charge on any atom is 0.416 e. The topological polar surface area (TPSA) is 84.2 Å². The number of benzene rings is 1. The fourth-order valence-corrected chi connectivity index (χ4v) is 1.30. The fourth-order valence-electron chi connectivity index (χ4n) is 1.30. The van der Waals surface area contributed by atoms with Crippen LogP contribution in [0, 0.1) is 0 Å². The first-order chi connectivity index (χ1) is 8.82. The molecule has 0 aliphatic rings. The van der Waals surface area contributed by atoms with E-state index in [2.05, 4.69) is 5.32 Å². The van der Waals surface area contributed by atoms with Gasteiger partial charge in [-0.3, -0.25) is 15.0 Å². The van der Waals surface area contributed by atoms with Gasteiger partial charge in [-0.15, -0.1) is 0 Å². The molecule has 0 aromatic heterocycles. The molecule has 1 aromatic carbocycles. The number of hydrogen-bond donors (Lipinski definition) is 3. The lowest BCUT2D eigenvalue weighted by atomic mass is 10.2. The molecule has 0 unspecified atom stereocenters. The van der Waals surface area contributed by atoms with Crippen molar-refractivity contribution < 1.29 is 22.8 Å². The van der Waals surface area contributed by atoms with Crippen LogP contribution in [0.15, 0.2) is 24.3 Å². The molecule has 1 aromatic rings. The van der Waals surface area contributed by atoms with Gasteiger partial charge in [0.25, 0.3) is 0 Å². The van der Waals surface area contributed by atoms with Crippen molar-refractivity contribution in [2.24, 2.45) is 5.84 Å². The second-order valence-electron chi connectivity index (χ2n) is 3.69. The normalized spacial score (nSPS) is 10.9. The fraction of sp³-hybridized carbons (Fsp3) is 0.273. The molecular formula is C11H12F3N3O2. The predicted octanol–water partition coefficient (Wildman–Crippen LogP) is 1.41. The second-order valence-corrected chi connectivity index (χ2v) is 3.69. The molecule has 0 heterocycles. The van der Waals surface area contributed by atoms with Gasteiger partial charge >= 0.3 is 6.18 Å². The average Bonchev–Trinajstić information content (AvgIpc) is 2.35. The molecule has 0 saturated heterocycles. The van der Waals surface area contributed by atoms with Crippen LogP contribution in [0.4, 0.5) is 18.9 Å². The van der Waals surface area contributed by atoms with Crippen LogP contribution in [0.3, 0.4) is 0 Å². The smallest absolute Gasteiger partial charge is 0.326 e. The summed E-state index contributed by atoms with van der Waals surface area (Å²) in [6.45, 7) is 0. The summed E-state index contributed by atoms with van der Waals surface area (Å²) < 4.78 is 37.3. The van der Waals surface area contributed by atoms with E-state index in [4.69, 9.17) is 5.84 Å². The molecule has 0 atom stereocenters. The number of hydrazine groups is 1. The third kappa shape index (κ3) is 4.96. The van der Waals surface area contributed by atoms with Crippen molar-refractivity contribution in [1.82, 2.24) is 5.43 Å². The summed E-state index contributed by atoms with van der Waals surface area (Å²) in [7, 11) is 0. The van der Waals surface area contributed by atoms with E-state index in [1.54, 1.807) is 0 Å². The van der Waals surface area contributed by atoms with Crippen molar-refractivity contribution in [2.75, 3.05) is 5.32 Å². The number of rotatable bonds is 4. The molecule has 8 heteroatoms. The van der Waals surface area contributed by atoms with Gasteiger partial charge in [-0.2, -0.15) is 13.2 Å². The zero-order valence-electron chi connectivity index (χ0n) is 9.75. The molecule has 1 rings (SSSR count). The maximum absolute atomic E-state index is 12.4. The minimum Gasteiger partial charge on any atom is -0.326 e. The van der Waals surface area contributed by atoms with Crippen LogP contribution in [-0.4, -0.2) is 11.8 Å². The summed E-state index contributed by atoms with van der Waals surface area (Å²) in [5.41, 5.74) is 1.01. The van der Waals surface area contributed by atoms with Crippen LogP contribution in [-0.2, 0) is 15.8 Å². The number of halogens is 3. The van der Waals surface area contributed by atoms with E-state index >= 15 is 0 Å². The standard InChI is InChI=1S/C11H12F3N3O2/c12-11(13,14)7-2-1-3-8(6-7)16-9(18)4-5-10(19)17-15/h1-3,6H,4-5,15H2,(H,16,18)(H,17,19). The third-order valence-corrected chi connectivity index (χ3v) is 2.21. The lowest BCUT2D eigenvalue weighted by Gasteiger charge is -2.09. The van der Waals surface area contributed by atoms with Crippen LogP contribution in [0.25, 0.3) is 0 Å². The summed E-state index contributed by atoms with van der Waals surface area (Å²) in [5, 5.41) is 2.27. The van der Waals surface area contributed by atoms with E-state index in [1.807, 2.05) is 5.43 Å². The summed E-state index contributed by atoms with van der Waals surface area (Å²) in [6, 6.07) is 4.24. The van der Waals surface area contributed by atoms with Gasteiger partial charge in [0.1, 0.15) is 0 Å². The zero-order chi connectivity index (χ0) is 14.5. The largest absolute Gasteiger partial charge is 0.416 e. The van der Waals surface area contributed by atoms with Gasteiger partial charge in [0, 0.05) is 18.5 Å². The predicted molar refractivity (Wildman–Crippen MR) is 61.6 cm³/mol. The molecule has 0 saturated carbocycles. The highest BCUT2D eigenvalue weighted by Gasteiger charge is 2.30. The van der Waals surface area contributed by atoms with Crippen molar-refractivity contribution in [1.29, 1.82) is 0 Å². The van der Waals surface area contributed by atoms with Crippen LogP contribution >= 0.6 is 0 Å². The van der Waals surface area contributed by atoms with Crippen LogP contribution in [0.2, 0.25) is 0 Å². The number of hydrogen-bond acceptors (Lipinski definition) is 3. The Labute approximate surface area is 106 Å². The van der Waals surface area contributed by atoms with Crippen molar-refractivity contribution >= 4 is 17.5 Å². The van der Waals surface area contributed by atoms with Gasteiger partial charge < -0.3 is 5.32 Å². The summed E-state index contributed by atoms with van der Waals surface area (Å²) >= 11 is 0. The van der Waals surface area contributed by atoms with E-state index in [0.717, 1.165) is 12.1 Å². The Bertz CT molecular complexity index is 474. The van der Waals surface area contributed by atoms with E-state index in [0.29, 0.717) is 0 Å². The highest BCUT2D eigenvalue weighted by Crippen LogP contribution is 2.30. The number of carbonyl (C=O) groups excluding carboxylic acids is 2. The average molecular weight is 275 g/mol. The van der Waals surface area contributed by atoms with Crippen molar-refractivity contribution in [3.8, 4) is 0 Å². The minimum atomic E-state index is -4.47. The minimum absolute atomic E-state index is 0.0213. The van der Waals surface area contributed by atoms with Crippen LogP contribution < -0.4 is 16.6 Å².